The SMILES string of the molecule is CCC(C)NC(=O)c1ccc(NC(=O)CC2(O)CCCC2)c(C)c1. The first-order chi connectivity index (χ1) is 11.3. The average molecular weight is 332 g/mol. The zero-order valence-corrected chi connectivity index (χ0v) is 14.8. The van der Waals surface area contributed by atoms with Gasteiger partial charge in [0.2, 0.25) is 5.91 Å². The van der Waals surface area contributed by atoms with Gasteiger partial charge in [0.05, 0.1) is 12.0 Å². The van der Waals surface area contributed by atoms with Crippen molar-refractivity contribution < 1.29 is 14.7 Å². The van der Waals surface area contributed by atoms with Crippen molar-refractivity contribution in [3.05, 3.63) is 29.3 Å². The van der Waals surface area contributed by atoms with Crippen LogP contribution in [0.5, 0.6) is 0 Å². The van der Waals surface area contributed by atoms with Gasteiger partial charge in [0.25, 0.3) is 5.91 Å². The van der Waals surface area contributed by atoms with Gasteiger partial charge in [-0.1, -0.05) is 19.8 Å². The summed E-state index contributed by atoms with van der Waals surface area (Å²) in [4.78, 5) is 24.3. The highest BCUT2D eigenvalue weighted by Gasteiger charge is 2.33. The molecule has 1 aromatic rings. The Bertz CT molecular complexity index is 607. The van der Waals surface area contributed by atoms with Crippen LogP contribution in [0.4, 0.5) is 5.69 Å². The van der Waals surface area contributed by atoms with Gasteiger partial charge >= 0.3 is 0 Å². The Kier molecular flexibility index (Phi) is 5.99. The van der Waals surface area contributed by atoms with Gasteiger partial charge in [0, 0.05) is 17.3 Å². The summed E-state index contributed by atoms with van der Waals surface area (Å²) in [5.41, 5.74) is 1.24. The van der Waals surface area contributed by atoms with E-state index in [4.69, 9.17) is 0 Å². The lowest BCUT2D eigenvalue weighted by Crippen LogP contribution is -2.32. The number of hydrogen-bond donors (Lipinski definition) is 3. The van der Waals surface area contributed by atoms with Gasteiger partial charge in [0.1, 0.15) is 0 Å². The lowest BCUT2D eigenvalue weighted by atomic mass is 9.97. The molecule has 0 saturated heterocycles. The van der Waals surface area contributed by atoms with Crippen molar-refractivity contribution in [2.75, 3.05) is 5.32 Å². The van der Waals surface area contributed by atoms with Crippen LogP contribution in [0, 0.1) is 6.92 Å². The van der Waals surface area contributed by atoms with E-state index in [1.54, 1.807) is 18.2 Å². The predicted molar refractivity (Wildman–Crippen MR) is 95.1 cm³/mol. The monoisotopic (exact) mass is 332 g/mol. The van der Waals surface area contributed by atoms with Gasteiger partial charge < -0.3 is 15.7 Å². The lowest BCUT2D eigenvalue weighted by Gasteiger charge is -2.21. The second-order valence-electron chi connectivity index (χ2n) is 6.97. The molecule has 0 radical (unpaired) electrons. The average Bonchev–Trinajstić information content (AvgIpc) is 2.95. The van der Waals surface area contributed by atoms with Crippen molar-refractivity contribution in [1.29, 1.82) is 0 Å². The summed E-state index contributed by atoms with van der Waals surface area (Å²) in [5, 5.41) is 16.1. The van der Waals surface area contributed by atoms with E-state index in [2.05, 4.69) is 10.6 Å². The summed E-state index contributed by atoms with van der Waals surface area (Å²) in [6.45, 7) is 5.85. The van der Waals surface area contributed by atoms with Gasteiger partial charge in [0.15, 0.2) is 0 Å². The minimum absolute atomic E-state index is 0.106. The molecule has 1 unspecified atom stereocenters. The Morgan fingerprint density at radius 3 is 2.54 bits per heavy atom. The molecule has 0 aromatic heterocycles. The van der Waals surface area contributed by atoms with Crippen molar-refractivity contribution in [3.8, 4) is 0 Å². The zero-order valence-electron chi connectivity index (χ0n) is 14.8. The van der Waals surface area contributed by atoms with Crippen LogP contribution in [0.2, 0.25) is 0 Å². The molecule has 24 heavy (non-hydrogen) atoms. The van der Waals surface area contributed by atoms with Crippen LogP contribution in [0.3, 0.4) is 0 Å². The summed E-state index contributed by atoms with van der Waals surface area (Å²) < 4.78 is 0. The maximum atomic E-state index is 12.2. The van der Waals surface area contributed by atoms with Crippen molar-refractivity contribution in [2.24, 2.45) is 0 Å². The van der Waals surface area contributed by atoms with Gasteiger partial charge in [-0.2, -0.15) is 0 Å². The molecule has 1 aliphatic rings. The van der Waals surface area contributed by atoms with E-state index in [9.17, 15) is 14.7 Å². The summed E-state index contributed by atoms with van der Waals surface area (Å²) >= 11 is 0. The molecule has 132 valence electrons. The molecule has 1 atom stereocenters. The highest BCUT2D eigenvalue weighted by molar-refractivity contribution is 5.96. The number of hydrogen-bond acceptors (Lipinski definition) is 3. The summed E-state index contributed by atoms with van der Waals surface area (Å²) in [5.74, 6) is -0.287. The topological polar surface area (TPSA) is 78.4 Å². The van der Waals surface area contributed by atoms with E-state index in [0.717, 1.165) is 24.8 Å². The molecule has 0 bridgehead atoms. The maximum Gasteiger partial charge on any atom is 0.251 e. The molecule has 2 amide bonds. The predicted octanol–water partition coefficient (Wildman–Crippen LogP) is 3.16. The van der Waals surface area contributed by atoms with Gasteiger partial charge in [-0.3, -0.25) is 9.59 Å². The van der Waals surface area contributed by atoms with Crippen LogP contribution in [0.15, 0.2) is 18.2 Å². The van der Waals surface area contributed by atoms with Crippen LogP contribution in [-0.2, 0) is 4.79 Å². The number of nitrogens with one attached hydrogen (secondary N) is 2. The van der Waals surface area contributed by atoms with E-state index in [1.807, 2.05) is 20.8 Å². The second kappa shape index (κ2) is 7.79. The third kappa shape index (κ3) is 4.81. The fourth-order valence-electron chi connectivity index (χ4n) is 3.06. The minimum Gasteiger partial charge on any atom is -0.389 e. The summed E-state index contributed by atoms with van der Waals surface area (Å²) in [6, 6.07) is 5.36. The van der Waals surface area contributed by atoms with Gasteiger partial charge in [-0.05, 0) is 56.9 Å². The Morgan fingerprint density at radius 1 is 1.29 bits per heavy atom. The Balaban J connectivity index is 1.99. The second-order valence-corrected chi connectivity index (χ2v) is 6.97. The Hall–Kier alpha value is -1.88. The number of carbonyl (C=O) groups is 2. The number of benzene rings is 1. The van der Waals surface area contributed by atoms with Crippen LogP contribution >= 0.6 is 0 Å². The van der Waals surface area contributed by atoms with E-state index in [0.29, 0.717) is 24.1 Å². The molecule has 1 fully saturated rings. The lowest BCUT2D eigenvalue weighted by molar-refractivity contribution is -0.120. The van der Waals surface area contributed by atoms with Crippen molar-refractivity contribution in [3.63, 3.8) is 0 Å². The van der Waals surface area contributed by atoms with E-state index in [1.165, 1.54) is 0 Å². The van der Waals surface area contributed by atoms with Gasteiger partial charge in [-0.25, -0.2) is 0 Å². The Morgan fingerprint density at radius 2 is 1.96 bits per heavy atom. The highest BCUT2D eigenvalue weighted by Crippen LogP contribution is 2.32. The first-order valence-electron chi connectivity index (χ1n) is 8.77. The van der Waals surface area contributed by atoms with Crippen molar-refractivity contribution >= 4 is 17.5 Å². The summed E-state index contributed by atoms with van der Waals surface area (Å²) in [7, 11) is 0. The molecule has 1 aliphatic carbocycles. The number of carbonyl (C=O) groups excluding carboxylic acids is 2. The van der Waals surface area contributed by atoms with E-state index in [-0.39, 0.29) is 24.3 Å². The number of aliphatic hydroxyl groups is 1. The standard InChI is InChI=1S/C19H28N2O3/c1-4-14(3)20-18(23)15-7-8-16(13(2)11-15)21-17(22)12-19(24)9-5-6-10-19/h7-8,11,14,24H,4-6,9-10,12H2,1-3H3,(H,20,23)(H,21,22). The molecule has 0 spiro atoms. The van der Waals surface area contributed by atoms with Crippen molar-refractivity contribution in [1.82, 2.24) is 5.32 Å². The normalized spacial score (nSPS) is 17.3. The molecule has 0 aliphatic heterocycles. The number of rotatable bonds is 6. The maximum absolute atomic E-state index is 12.2. The van der Waals surface area contributed by atoms with Crippen LogP contribution in [-0.4, -0.2) is 28.6 Å². The molecule has 0 heterocycles. The van der Waals surface area contributed by atoms with E-state index >= 15 is 0 Å². The molecular formula is C19H28N2O3. The molecule has 3 N–H and O–H groups in total. The molecule has 1 aromatic carbocycles. The number of anilines is 1. The molecular weight excluding hydrogens is 304 g/mol. The summed E-state index contributed by atoms with van der Waals surface area (Å²) in [6.07, 6.45) is 4.33. The number of amides is 2. The first kappa shape index (κ1) is 18.5. The molecule has 5 nitrogen and oxygen atoms in total. The third-order valence-corrected chi connectivity index (χ3v) is 4.78. The van der Waals surface area contributed by atoms with Crippen molar-refractivity contribution in [2.45, 2.75) is 70.9 Å². The first-order valence-corrected chi connectivity index (χ1v) is 8.77. The van der Waals surface area contributed by atoms with Crippen LogP contribution in [0.25, 0.3) is 0 Å². The smallest absolute Gasteiger partial charge is 0.251 e. The largest absolute Gasteiger partial charge is 0.389 e. The fraction of sp³-hybridized carbons (Fsp3) is 0.579. The third-order valence-electron chi connectivity index (χ3n) is 4.78. The molecule has 1 saturated carbocycles. The zero-order chi connectivity index (χ0) is 17.7. The highest BCUT2D eigenvalue weighted by atomic mass is 16.3. The number of aryl methyl sites for hydroxylation is 1. The van der Waals surface area contributed by atoms with Crippen LogP contribution < -0.4 is 10.6 Å². The Labute approximate surface area is 143 Å². The van der Waals surface area contributed by atoms with Crippen LogP contribution in [0.1, 0.15) is 68.3 Å². The molecule has 2 rings (SSSR count). The fourth-order valence-corrected chi connectivity index (χ4v) is 3.06. The van der Waals surface area contributed by atoms with E-state index < -0.39 is 5.60 Å². The quantitative estimate of drug-likeness (QED) is 0.749. The molecule has 5 heteroatoms. The van der Waals surface area contributed by atoms with Gasteiger partial charge in [-0.15, -0.1) is 0 Å². The minimum atomic E-state index is -0.853.